The quantitative estimate of drug-likeness (QED) is 0.198. The van der Waals surface area contributed by atoms with Gasteiger partial charge < -0.3 is 24.1 Å². The van der Waals surface area contributed by atoms with Crippen molar-refractivity contribution in [1.29, 1.82) is 0 Å². The second-order valence-corrected chi connectivity index (χ2v) is 9.31. The van der Waals surface area contributed by atoms with Crippen LogP contribution in [0.1, 0.15) is 36.0 Å². The van der Waals surface area contributed by atoms with Gasteiger partial charge in [0.05, 0.1) is 45.4 Å². The summed E-state index contributed by atoms with van der Waals surface area (Å²) >= 11 is 0. The number of rotatable bonds is 15. The predicted octanol–water partition coefficient (Wildman–Crippen LogP) is 6.03. The van der Waals surface area contributed by atoms with Gasteiger partial charge in [-0.25, -0.2) is 0 Å². The number of methoxy groups -OCH3 is 1. The Balaban J connectivity index is 1.51. The summed E-state index contributed by atoms with van der Waals surface area (Å²) in [5.41, 5.74) is 3.57. The minimum atomic E-state index is -0.816. The van der Waals surface area contributed by atoms with Crippen LogP contribution in [0.15, 0.2) is 114 Å². The van der Waals surface area contributed by atoms with E-state index in [1.165, 1.54) is 5.57 Å². The lowest BCUT2D eigenvalue weighted by Crippen LogP contribution is -2.37. The summed E-state index contributed by atoms with van der Waals surface area (Å²) < 4.78 is 24.3. The molecule has 0 amide bonds. The van der Waals surface area contributed by atoms with Gasteiger partial charge in [-0.1, -0.05) is 97.1 Å². The highest BCUT2D eigenvalue weighted by molar-refractivity contribution is 5.47. The van der Waals surface area contributed by atoms with E-state index in [1.54, 1.807) is 7.11 Å². The molecule has 5 heteroatoms. The first kappa shape index (κ1) is 27.8. The van der Waals surface area contributed by atoms with Crippen LogP contribution in [-0.2, 0) is 24.5 Å². The van der Waals surface area contributed by atoms with Crippen LogP contribution in [0.3, 0.4) is 0 Å². The average Bonchev–Trinajstić information content (AvgIpc) is 3.00. The van der Waals surface area contributed by atoms with Gasteiger partial charge in [-0.3, -0.25) is 0 Å². The van der Waals surface area contributed by atoms with Gasteiger partial charge >= 0.3 is 0 Å². The summed E-state index contributed by atoms with van der Waals surface area (Å²) in [7, 11) is 1.71. The van der Waals surface area contributed by atoms with Crippen LogP contribution in [0.25, 0.3) is 0 Å². The van der Waals surface area contributed by atoms with E-state index in [4.69, 9.17) is 18.9 Å². The summed E-state index contributed by atoms with van der Waals surface area (Å²) in [5, 5.41) is 9.44. The van der Waals surface area contributed by atoms with E-state index < -0.39 is 5.60 Å². The monoisotopic (exact) mass is 514 g/mol. The van der Waals surface area contributed by atoms with Crippen LogP contribution in [0.2, 0.25) is 0 Å². The SMILES string of the molecule is COC1=CC=C(COCC[C@@H](COC(c2ccccc2)(c2ccccc2)c2ccccc2)OCCO)CC1. The van der Waals surface area contributed by atoms with E-state index in [0.29, 0.717) is 26.2 Å². The second kappa shape index (κ2) is 14.6. The lowest BCUT2D eigenvalue weighted by molar-refractivity contribution is -0.0785. The Morgan fingerprint density at radius 2 is 1.34 bits per heavy atom. The minimum Gasteiger partial charge on any atom is -0.501 e. The number of allylic oxidation sites excluding steroid dienone is 3. The van der Waals surface area contributed by atoms with Crippen LogP contribution >= 0.6 is 0 Å². The van der Waals surface area contributed by atoms with Crippen LogP contribution in [-0.4, -0.2) is 51.4 Å². The van der Waals surface area contributed by atoms with Crippen molar-refractivity contribution in [2.24, 2.45) is 0 Å². The zero-order valence-corrected chi connectivity index (χ0v) is 22.1. The summed E-state index contributed by atoms with van der Waals surface area (Å²) in [6.45, 7) is 1.67. The molecule has 0 heterocycles. The van der Waals surface area contributed by atoms with Crippen LogP contribution in [0, 0.1) is 0 Å². The molecule has 3 aromatic rings. The molecule has 0 unspecified atom stereocenters. The van der Waals surface area contributed by atoms with Gasteiger partial charge in [0.1, 0.15) is 5.60 Å². The lowest BCUT2D eigenvalue weighted by atomic mass is 9.80. The highest BCUT2D eigenvalue weighted by Gasteiger charge is 2.38. The summed E-state index contributed by atoms with van der Waals surface area (Å²) in [4.78, 5) is 0. The molecule has 38 heavy (non-hydrogen) atoms. The fourth-order valence-corrected chi connectivity index (χ4v) is 4.79. The number of aliphatic hydroxyl groups is 1. The van der Waals surface area contributed by atoms with E-state index >= 15 is 0 Å². The molecule has 1 aliphatic carbocycles. The first-order valence-corrected chi connectivity index (χ1v) is 13.3. The highest BCUT2D eigenvalue weighted by atomic mass is 16.5. The summed E-state index contributed by atoms with van der Waals surface area (Å²) in [6.07, 6.45) is 6.36. The van der Waals surface area contributed by atoms with Crippen molar-refractivity contribution < 1.29 is 24.1 Å². The van der Waals surface area contributed by atoms with Crippen LogP contribution in [0.4, 0.5) is 0 Å². The normalized spacial score (nSPS) is 14.5. The molecule has 0 radical (unpaired) electrons. The van der Waals surface area contributed by atoms with Crippen LogP contribution < -0.4 is 0 Å². The van der Waals surface area contributed by atoms with Gasteiger partial charge in [0.15, 0.2) is 0 Å². The number of benzene rings is 3. The minimum absolute atomic E-state index is 0.0421. The number of hydrogen-bond acceptors (Lipinski definition) is 5. The summed E-state index contributed by atoms with van der Waals surface area (Å²) in [5.74, 6) is 1.00. The van der Waals surface area contributed by atoms with Crippen molar-refractivity contribution in [1.82, 2.24) is 0 Å². The van der Waals surface area contributed by atoms with Gasteiger partial charge in [0, 0.05) is 13.0 Å². The largest absolute Gasteiger partial charge is 0.501 e. The third-order valence-electron chi connectivity index (χ3n) is 6.80. The first-order valence-electron chi connectivity index (χ1n) is 13.3. The van der Waals surface area contributed by atoms with Crippen molar-refractivity contribution in [3.8, 4) is 0 Å². The van der Waals surface area contributed by atoms with Gasteiger partial charge in [-0.15, -0.1) is 0 Å². The third kappa shape index (κ3) is 7.21. The molecular weight excluding hydrogens is 476 g/mol. The third-order valence-corrected chi connectivity index (χ3v) is 6.80. The molecule has 4 rings (SSSR count). The first-order chi connectivity index (χ1) is 18.8. The maximum Gasteiger partial charge on any atom is 0.143 e. The van der Waals surface area contributed by atoms with Crippen molar-refractivity contribution in [3.05, 3.63) is 131 Å². The Morgan fingerprint density at radius 1 is 0.763 bits per heavy atom. The zero-order chi connectivity index (χ0) is 26.5. The van der Waals surface area contributed by atoms with Crippen LogP contribution in [0.5, 0.6) is 0 Å². The molecule has 200 valence electrons. The molecule has 1 atom stereocenters. The van der Waals surface area contributed by atoms with Gasteiger partial charge in [-0.05, 0) is 41.2 Å². The standard InChI is InChI=1S/C33H38O5/c1-35-31-19-17-27(18-20-31)25-36-23-21-32(37-24-22-34)26-38-33(28-11-5-2-6-12-28,29-13-7-3-8-14-29)30-15-9-4-10-16-30/h2-17,19,32,34H,18,20-26H2,1H3/t32-/m0/s1. The molecule has 0 spiro atoms. The molecule has 5 nitrogen and oxygen atoms in total. The van der Waals surface area contributed by atoms with Crippen molar-refractivity contribution in [2.45, 2.75) is 31.0 Å². The van der Waals surface area contributed by atoms with Crippen molar-refractivity contribution in [3.63, 3.8) is 0 Å². The molecule has 0 saturated carbocycles. The average molecular weight is 515 g/mol. The molecule has 0 fully saturated rings. The smallest absolute Gasteiger partial charge is 0.143 e. The lowest BCUT2D eigenvalue weighted by Gasteiger charge is -2.37. The van der Waals surface area contributed by atoms with Gasteiger partial charge in [0.25, 0.3) is 0 Å². The van der Waals surface area contributed by atoms with Crippen molar-refractivity contribution in [2.75, 3.05) is 40.1 Å². The maximum atomic E-state index is 9.44. The number of hydrogen-bond donors (Lipinski definition) is 1. The summed E-state index contributed by atoms with van der Waals surface area (Å²) in [6, 6.07) is 30.9. The van der Waals surface area contributed by atoms with E-state index in [0.717, 1.165) is 35.3 Å². The predicted molar refractivity (Wildman–Crippen MR) is 150 cm³/mol. The Kier molecular flexibility index (Phi) is 10.7. The topological polar surface area (TPSA) is 57.2 Å². The Labute approximate surface area is 226 Å². The Morgan fingerprint density at radius 3 is 1.82 bits per heavy atom. The van der Waals surface area contributed by atoms with E-state index in [2.05, 4.69) is 42.5 Å². The van der Waals surface area contributed by atoms with E-state index in [1.807, 2.05) is 60.7 Å². The van der Waals surface area contributed by atoms with E-state index in [9.17, 15) is 5.11 Å². The molecule has 0 saturated heterocycles. The zero-order valence-electron chi connectivity index (χ0n) is 22.1. The Hall–Kier alpha value is -3.22. The number of ether oxygens (including phenoxy) is 4. The fourth-order valence-electron chi connectivity index (χ4n) is 4.79. The number of aliphatic hydroxyl groups excluding tert-OH is 1. The maximum absolute atomic E-state index is 9.44. The molecular formula is C33H38O5. The highest BCUT2D eigenvalue weighted by Crippen LogP contribution is 2.40. The molecule has 0 aromatic heterocycles. The van der Waals surface area contributed by atoms with Crippen molar-refractivity contribution >= 4 is 0 Å². The Bertz CT molecular complexity index is 1050. The van der Waals surface area contributed by atoms with E-state index in [-0.39, 0.29) is 19.3 Å². The molecule has 0 bridgehead atoms. The molecule has 1 N–H and O–H groups in total. The van der Waals surface area contributed by atoms with Gasteiger partial charge in [-0.2, -0.15) is 0 Å². The molecule has 1 aliphatic rings. The molecule has 3 aromatic carbocycles. The fraction of sp³-hybridized carbons (Fsp3) is 0.333. The molecule has 0 aliphatic heterocycles. The second-order valence-electron chi connectivity index (χ2n) is 9.31. The van der Waals surface area contributed by atoms with Gasteiger partial charge in [0.2, 0.25) is 0 Å².